The fourth-order valence-corrected chi connectivity index (χ4v) is 0.752. The first-order valence-electron chi connectivity index (χ1n) is 4.05. The van der Waals surface area contributed by atoms with Crippen LogP contribution in [0, 0.1) is 6.92 Å². The van der Waals surface area contributed by atoms with Crippen LogP contribution in [0.25, 0.3) is 0 Å². The lowest BCUT2D eigenvalue weighted by molar-refractivity contribution is 0.822. The number of aromatic nitrogens is 1. The van der Waals surface area contributed by atoms with Crippen LogP contribution in [0.4, 0.5) is 5.69 Å². The number of anilines is 1. The van der Waals surface area contributed by atoms with Gasteiger partial charge in [-0.2, -0.15) is 0 Å². The molecule has 3 nitrogen and oxygen atoms in total. The molecule has 0 aliphatic rings. The Labute approximate surface area is 72.8 Å². The highest BCUT2D eigenvalue weighted by atomic mass is 16.1. The summed E-state index contributed by atoms with van der Waals surface area (Å²) in [6.45, 7) is 5.82. The Balaban J connectivity index is 0.000000561. The number of rotatable bonds is 0. The SMILES string of the molecule is CC.Cc1c(N)ccc(=O)n1C. The summed E-state index contributed by atoms with van der Waals surface area (Å²) in [5.74, 6) is 0. The van der Waals surface area contributed by atoms with Gasteiger partial charge in [-0.3, -0.25) is 4.79 Å². The van der Waals surface area contributed by atoms with Crippen LogP contribution in [0.2, 0.25) is 0 Å². The Hall–Kier alpha value is -1.25. The van der Waals surface area contributed by atoms with Crippen LogP contribution in [0.1, 0.15) is 19.5 Å². The van der Waals surface area contributed by atoms with Gasteiger partial charge in [0.2, 0.25) is 0 Å². The number of nitrogens with zero attached hydrogens (tertiary/aromatic N) is 1. The van der Waals surface area contributed by atoms with Crippen LogP contribution in [0.15, 0.2) is 16.9 Å². The molecule has 1 heterocycles. The molecule has 68 valence electrons. The Morgan fingerprint density at radius 2 is 1.83 bits per heavy atom. The van der Waals surface area contributed by atoms with Gasteiger partial charge in [0.15, 0.2) is 0 Å². The average Bonchev–Trinajstić information content (AvgIpc) is 2.12. The van der Waals surface area contributed by atoms with Crippen LogP contribution in [0.3, 0.4) is 0 Å². The van der Waals surface area contributed by atoms with Crippen molar-refractivity contribution in [3.63, 3.8) is 0 Å². The van der Waals surface area contributed by atoms with E-state index in [1.165, 1.54) is 10.6 Å². The Bertz CT molecular complexity index is 302. The molecule has 0 bridgehead atoms. The maximum absolute atomic E-state index is 10.9. The predicted molar refractivity (Wildman–Crippen MR) is 52.2 cm³/mol. The molecular formula is C9H16N2O. The minimum absolute atomic E-state index is 0.0216. The number of nitrogen functional groups attached to an aromatic ring is 1. The fraction of sp³-hybridized carbons (Fsp3) is 0.444. The van der Waals surface area contributed by atoms with Crippen molar-refractivity contribution >= 4 is 5.69 Å². The molecule has 0 aromatic carbocycles. The first-order valence-corrected chi connectivity index (χ1v) is 4.05. The molecule has 0 aliphatic carbocycles. The van der Waals surface area contributed by atoms with E-state index in [1.54, 1.807) is 13.1 Å². The van der Waals surface area contributed by atoms with Gasteiger partial charge < -0.3 is 10.3 Å². The van der Waals surface area contributed by atoms with Crippen molar-refractivity contribution in [3.05, 3.63) is 28.2 Å². The molecule has 3 heteroatoms. The molecule has 0 fully saturated rings. The lowest BCUT2D eigenvalue weighted by atomic mass is 10.3. The minimum atomic E-state index is -0.0216. The van der Waals surface area contributed by atoms with E-state index >= 15 is 0 Å². The van der Waals surface area contributed by atoms with Crippen LogP contribution in [-0.4, -0.2) is 4.57 Å². The summed E-state index contributed by atoms with van der Waals surface area (Å²) in [7, 11) is 1.70. The first kappa shape index (κ1) is 10.8. The molecule has 1 aromatic heterocycles. The lowest BCUT2D eigenvalue weighted by Gasteiger charge is -2.03. The molecule has 0 saturated heterocycles. The predicted octanol–water partition coefficient (Wildman–Crippen LogP) is 1.30. The molecule has 1 aromatic rings. The second-order valence-electron chi connectivity index (χ2n) is 2.27. The van der Waals surface area contributed by atoms with Gasteiger partial charge in [0.05, 0.1) is 5.69 Å². The average molecular weight is 168 g/mol. The van der Waals surface area contributed by atoms with Gasteiger partial charge in [0.25, 0.3) is 5.56 Å². The number of pyridine rings is 1. The Morgan fingerprint density at radius 3 is 2.25 bits per heavy atom. The van der Waals surface area contributed by atoms with E-state index in [2.05, 4.69) is 0 Å². The smallest absolute Gasteiger partial charge is 0.250 e. The van der Waals surface area contributed by atoms with Crippen LogP contribution in [0.5, 0.6) is 0 Å². The summed E-state index contributed by atoms with van der Waals surface area (Å²) < 4.78 is 1.52. The highest BCUT2D eigenvalue weighted by Gasteiger charge is 1.96. The Kier molecular flexibility index (Phi) is 4.11. The summed E-state index contributed by atoms with van der Waals surface area (Å²) in [6, 6.07) is 3.08. The standard InChI is InChI=1S/C7H10N2O.C2H6/c1-5-6(8)3-4-7(10)9(5)2;1-2/h3-4H,8H2,1-2H3;1-2H3. The first-order chi connectivity index (χ1) is 5.63. The number of nitrogens with two attached hydrogens (primary N) is 1. The molecule has 1 rings (SSSR count). The van der Waals surface area contributed by atoms with Crippen molar-refractivity contribution in [2.45, 2.75) is 20.8 Å². The minimum Gasteiger partial charge on any atom is -0.397 e. The molecule has 0 saturated carbocycles. The molecule has 0 unspecified atom stereocenters. The van der Waals surface area contributed by atoms with E-state index in [0.29, 0.717) is 5.69 Å². The van der Waals surface area contributed by atoms with Gasteiger partial charge in [0, 0.05) is 18.8 Å². The second kappa shape index (κ2) is 4.59. The van der Waals surface area contributed by atoms with Gasteiger partial charge in [0.1, 0.15) is 0 Å². The normalized spacial score (nSPS) is 8.67. The highest BCUT2D eigenvalue weighted by molar-refractivity contribution is 5.41. The molecule has 0 amide bonds. The summed E-state index contributed by atoms with van der Waals surface area (Å²) in [4.78, 5) is 10.9. The van der Waals surface area contributed by atoms with E-state index in [-0.39, 0.29) is 5.56 Å². The summed E-state index contributed by atoms with van der Waals surface area (Å²) in [5, 5.41) is 0. The summed E-state index contributed by atoms with van der Waals surface area (Å²) in [5.41, 5.74) is 6.98. The number of hydrogen-bond acceptors (Lipinski definition) is 2. The monoisotopic (exact) mass is 168 g/mol. The lowest BCUT2D eigenvalue weighted by Crippen LogP contribution is -2.18. The van der Waals surface area contributed by atoms with Gasteiger partial charge >= 0.3 is 0 Å². The van der Waals surface area contributed by atoms with Gasteiger partial charge in [-0.05, 0) is 13.0 Å². The zero-order valence-electron chi connectivity index (χ0n) is 8.09. The molecule has 0 atom stereocenters. The fourth-order valence-electron chi connectivity index (χ4n) is 0.752. The third kappa shape index (κ3) is 2.12. The summed E-state index contributed by atoms with van der Waals surface area (Å²) in [6.07, 6.45) is 0. The van der Waals surface area contributed by atoms with Crippen molar-refractivity contribution in [2.24, 2.45) is 7.05 Å². The quantitative estimate of drug-likeness (QED) is 0.634. The van der Waals surface area contributed by atoms with Crippen molar-refractivity contribution in [3.8, 4) is 0 Å². The zero-order valence-corrected chi connectivity index (χ0v) is 8.09. The van der Waals surface area contributed by atoms with Crippen LogP contribution < -0.4 is 11.3 Å². The molecule has 0 radical (unpaired) electrons. The van der Waals surface area contributed by atoms with E-state index < -0.39 is 0 Å². The third-order valence-electron chi connectivity index (χ3n) is 1.66. The molecule has 2 N–H and O–H groups in total. The number of hydrogen-bond donors (Lipinski definition) is 1. The van der Waals surface area contributed by atoms with Gasteiger partial charge in [-0.25, -0.2) is 0 Å². The van der Waals surface area contributed by atoms with Gasteiger partial charge in [-0.15, -0.1) is 0 Å². The topological polar surface area (TPSA) is 48.0 Å². The molecular weight excluding hydrogens is 152 g/mol. The van der Waals surface area contributed by atoms with E-state index in [0.717, 1.165) is 5.69 Å². The van der Waals surface area contributed by atoms with Gasteiger partial charge in [-0.1, -0.05) is 13.8 Å². The van der Waals surface area contributed by atoms with Crippen molar-refractivity contribution in [2.75, 3.05) is 5.73 Å². The molecule has 12 heavy (non-hydrogen) atoms. The molecule has 0 aliphatic heterocycles. The summed E-state index contributed by atoms with van der Waals surface area (Å²) >= 11 is 0. The largest absolute Gasteiger partial charge is 0.397 e. The van der Waals surface area contributed by atoms with E-state index in [4.69, 9.17) is 5.73 Å². The maximum Gasteiger partial charge on any atom is 0.250 e. The van der Waals surface area contributed by atoms with Crippen molar-refractivity contribution in [1.29, 1.82) is 0 Å². The van der Waals surface area contributed by atoms with Crippen LogP contribution >= 0.6 is 0 Å². The van der Waals surface area contributed by atoms with Crippen LogP contribution in [-0.2, 0) is 7.05 Å². The maximum atomic E-state index is 10.9. The molecule has 0 spiro atoms. The van der Waals surface area contributed by atoms with Crippen molar-refractivity contribution < 1.29 is 0 Å². The van der Waals surface area contributed by atoms with Crippen molar-refractivity contribution in [1.82, 2.24) is 4.57 Å². The highest BCUT2D eigenvalue weighted by Crippen LogP contribution is 2.03. The van der Waals surface area contributed by atoms with E-state index in [1.807, 2.05) is 20.8 Å². The van der Waals surface area contributed by atoms with E-state index in [9.17, 15) is 4.79 Å². The zero-order chi connectivity index (χ0) is 9.72. The second-order valence-corrected chi connectivity index (χ2v) is 2.27. The third-order valence-corrected chi connectivity index (χ3v) is 1.66. The Morgan fingerprint density at radius 1 is 1.33 bits per heavy atom.